The van der Waals surface area contributed by atoms with E-state index in [0.717, 1.165) is 59.8 Å². The SMILES string of the molecule is Cc1cc(C(=O)NC(CCc2ccncc2)c2nc3ccc(Cl)cc3[nH]2)ccc1C(=O)C1CCCC1. The number of nitrogens with one attached hydrogen (secondary N) is 2. The molecule has 5 rings (SSSR count). The van der Waals surface area contributed by atoms with Gasteiger partial charge in [0, 0.05) is 34.5 Å². The van der Waals surface area contributed by atoms with Crippen molar-refractivity contribution in [1.29, 1.82) is 0 Å². The van der Waals surface area contributed by atoms with E-state index in [-0.39, 0.29) is 23.7 Å². The summed E-state index contributed by atoms with van der Waals surface area (Å²) in [7, 11) is 0. The number of hydrogen-bond donors (Lipinski definition) is 2. The first-order valence-corrected chi connectivity index (χ1v) is 12.9. The molecule has 0 bridgehead atoms. The van der Waals surface area contributed by atoms with E-state index >= 15 is 0 Å². The molecule has 2 aromatic carbocycles. The second kappa shape index (κ2) is 10.6. The molecule has 1 aliphatic carbocycles. The second-order valence-corrected chi connectivity index (χ2v) is 10.0. The van der Waals surface area contributed by atoms with E-state index in [2.05, 4.69) is 15.3 Å². The van der Waals surface area contributed by atoms with Crippen LogP contribution >= 0.6 is 11.6 Å². The summed E-state index contributed by atoms with van der Waals surface area (Å²) in [5.74, 6) is 0.797. The number of H-pyrrole nitrogens is 1. The molecule has 1 saturated carbocycles. The average molecular weight is 501 g/mol. The number of fused-ring (bicyclic) bond motifs is 1. The van der Waals surface area contributed by atoms with Gasteiger partial charge in [-0.05, 0) is 86.2 Å². The van der Waals surface area contributed by atoms with E-state index in [4.69, 9.17) is 16.6 Å². The molecule has 6 nitrogen and oxygen atoms in total. The van der Waals surface area contributed by atoms with Crippen molar-refractivity contribution in [2.24, 2.45) is 5.92 Å². The Morgan fingerprint density at radius 2 is 1.86 bits per heavy atom. The molecular weight excluding hydrogens is 472 g/mol. The van der Waals surface area contributed by atoms with Crippen LogP contribution in [0.2, 0.25) is 5.02 Å². The lowest BCUT2D eigenvalue weighted by Gasteiger charge is -2.18. The number of halogens is 1. The topological polar surface area (TPSA) is 87.7 Å². The molecule has 1 fully saturated rings. The van der Waals surface area contributed by atoms with E-state index in [1.165, 1.54) is 0 Å². The van der Waals surface area contributed by atoms with Crippen LogP contribution in [0.25, 0.3) is 11.0 Å². The van der Waals surface area contributed by atoms with Crippen LogP contribution < -0.4 is 5.32 Å². The predicted molar refractivity (Wildman–Crippen MR) is 141 cm³/mol. The minimum atomic E-state index is -0.336. The Kier molecular flexibility index (Phi) is 7.14. The molecule has 4 aromatic rings. The summed E-state index contributed by atoms with van der Waals surface area (Å²) in [5.41, 5.74) is 4.85. The van der Waals surface area contributed by atoms with Crippen molar-refractivity contribution < 1.29 is 9.59 Å². The van der Waals surface area contributed by atoms with Crippen LogP contribution in [0.15, 0.2) is 60.9 Å². The largest absolute Gasteiger partial charge is 0.342 e. The van der Waals surface area contributed by atoms with Gasteiger partial charge >= 0.3 is 0 Å². The standard InChI is InChI=1S/C29H29ClN4O2/c1-18-16-21(7-9-23(18)27(35)20-4-2-3-5-20)29(36)34-25(10-6-19-12-14-31-15-13-19)28-32-24-11-8-22(30)17-26(24)33-28/h7-9,11-17,20,25H,2-6,10H2,1H3,(H,32,33)(H,34,36). The van der Waals surface area contributed by atoms with Gasteiger partial charge in [0.2, 0.25) is 0 Å². The van der Waals surface area contributed by atoms with Gasteiger partial charge in [-0.2, -0.15) is 0 Å². The maximum atomic E-state index is 13.3. The third kappa shape index (κ3) is 5.34. The number of hydrogen-bond acceptors (Lipinski definition) is 4. The summed E-state index contributed by atoms with van der Waals surface area (Å²) < 4.78 is 0. The van der Waals surface area contributed by atoms with Crippen molar-refractivity contribution in [3.05, 3.63) is 94.0 Å². The summed E-state index contributed by atoms with van der Waals surface area (Å²) in [6, 6.07) is 14.5. The zero-order valence-corrected chi connectivity index (χ0v) is 21.0. The number of aryl methyl sites for hydroxylation is 2. The lowest BCUT2D eigenvalue weighted by atomic mass is 9.92. The maximum absolute atomic E-state index is 13.3. The molecule has 2 aromatic heterocycles. The quantitative estimate of drug-likeness (QED) is 0.274. The Balaban J connectivity index is 1.37. The van der Waals surface area contributed by atoms with Crippen LogP contribution in [0.3, 0.4) is 0 Å². The number of aromatic amines is 1. The van der Waals surface area contributed by atoms with E-state index < -0.39 is 0 Å². The highest BCUT2D eigenvalue weighted by atomic mass is 35.5. The maximum Gasteiger partial charge on any atom is 0.251 e. The molecule has 0 saturated heterocycles. The highest BCUT2D eigenvalue weighted by Crippen LogP contribution is 2.29. The summed E-state index contributed by atoms with van der Waals surface area (Å²) in [6.45, 7) is 1.91. The Bertz CT molecular complexity index is 1390. The number of Topliss-reactive ketones (excluding diaryl/α,β-unsaturated/α-hetero) is 1. The number of benzene rings is 2. The van der Waals surface area contributed by atoms with Gasteiger partial charge in [-0.15, -0.1) is 0 Å². The number of rotatable bonds is 8. The molecule has 36 heavy (non-hydrogen) atoms. The van der Waals surface area contributed by atoms with Crippen molar-refractivity contribution in [2.45, 2.75) is 51.5 Å². The van der Waals surface area contributed by atoms with Crippen LogP contribution in [0.1, 0.15) is 75.8 Å². The highest BCUT2D eigenvalue weighted by Gasteiger charge is 2.26. The number of nitrogens with zero attached hydrogens (tertiary/aromatic N) is 2. The Morgan fingerprint density at radius 3 is 2.61 bits per heavy atom. The number of imidazole rings is 1. The minimum absolute atomic E-state index is 0.113. The zero-order valence-electron chi connectivity index (χ0n) is 20.3. The number of amides is 1. The van der Waals surface area contributed by atoms with Gasteiger partial charge in [0.15, 0.2) is 5.78 Å². The monoisotopic (exact) mass is 500 g/mol. The summed E-state index contributed by atoms with van der Waals surface area (Å²) in [5, 5.41) is 3.78. The smallest absolute Gasteiger partial charge is 0.251 e. The molecule has 2 N–H and O–H groups in total. The van der Waals surface area contributed by atoms with Crippen molar-refractivity contribution in [2.75, 3.05) is 0 Å². The third-order valence-corrected chi connectivity index (χ3v) is 7.28. The Hall–Kier alpha value is -3.51. The zero-order chi connectivity index (χ0) is 25.1. The predicted octanol–water partition coefficient (Wildman–Crippen LogP) is 6.40. The van der Waals surface area contributed by atoms with Crippen LogP contribution in [-0.2, 0) is 6.42 Å². The molecule has 1 unspecified atom stereocenters. The van der Waals surface area contributed by atoms with Crippen molar-refractivity contribution in [1.82, 2.24) is 20.3 Å². The van der Waals surface area contributed by atoms with Crippen molar-refractivity contribution in [3.63, 3.8) is 0 Å². The van der Waals surface area contributed by atoms with Crippen LogP contribution in [-0.4, -0.2) is 26.6 Å². The van der Waals surface area contributed by atoms with Gasteiger partial charge in [0.05, 0.1) is 17.1 Å². The fourth-order valence-electron chi connectivity index (χ4n) is 5.04. The number of carbonyl (C=O) groups excluding carboxylic acids is 2. The first-order valence-electron chi connectivity index (χ1n) is 12.5. The van der Waals surface area contributed by atoms with E-state index in [0.29, 0.717) is 22.8 Å². The van der Waals surface area contributed by atoms with Crippen LogP contribution in [0, 0.1) is 12.8 Å². The molecular formula is C29H29ClN4O2. The van der Waals surface area contributed by atoms with E-state index in [9.17, 15) is 9.59 Å². The fourth-order valence-corrected chi connectivity index (χ4v) is 5.21. The lowest BCUT2D eigenvalue weighted by Crippen LogP contribution is -2.30. The van der Waals surface area contributed by atoms with Gasteiger partial charge in [-0.25, -0.2) is 4.98 Å². The average Bonchev–Trinajstić information content (AvgIpc) is 3.57. The number of aromatic nitrogens is 3. The van der Waals surface area contributed by atoms with Crippen LogP contribution in [0.5, 0.6) is 0 Å². The molecule has 0 radical (unpaired) electrons. The van der Waals surface area contributed by atoms with Gasteiger partial charge < -0.3 is 10.3 Å². The lowest BCUT2D eigenvalue weighted by molar-refractivity contribution is 0.0914. The molecule has 0 spiro atoms. The molecule has 1 aliphatic rings. The number of carbonyl (C=O) groups is 2. The summed E-state index contributed by atoms with van der Waals surface area (Å²) >= 11 is 6.16. The van der Waals surface area contributed by atoms with E-state index in [1.807, 2.05) is 37.3 Å². The molecule has 1 atom stereocenters. The first-order chi connectivity index (χ1) is 17.5. The molecule has 184 valence electrons. The minimum Gasteiger partial charge on any atom is -0.342 e. The normalized spacial score (nSPS) is 14.7. The molecule has 7 heteroatoms. The van der Waals surface area contributed by atoms with Crippen molar-refractivity contribution >= 4 is 34.3 Å². The second-order valence-electron chi connectivity index (χ2n) is 9.58. The highest BCUT2D eigenvalue weighted by molar-refractivity contribution is 6.31. The van der Waals surface area contributed by atoms with Gasteiger partial charge in [-0.1, -0.05) is 30.5 Å². The fraction of sp³-hybridized carbons (Fsp3) is 0.310. The molecule has 1 amide bonds. The van der Waals surface area contributed by atoms with E-state index in [1.54, 1.807) is 30.6 Å². The molecule has 2 heterocycles. The first kappa shape index (κ1) is 24.2. The summed E-state index contributed by atoms with van der Waals surface area (Å²) in [4.78, 5) is 38.4. The Morgan fingerprint density at radius 1 is 1.08 bits per heavy atom. The van der Waals surface area contributed by atoms with Gasteiger partial charge in [-0.3, -0.25) is 14.6 Å². The van der Waals surface area contributed by atoms with Gasteiger partial charge in [0.25, 0.3) is 5.91 Å². The van der Waals surface area contributed by atoms with Crippen LogP contribution in [0.4, 0.5) is 0 Å². The number of ketones is 1. The summed E-state index contributed by atoms with van der Waals surface area (Å²) in [6.07, 6.45) is 9.09. The van der Waals surface area contributed by atoms with Crippen molar-refractivity contribution in [3.8, 4) is 0 Å². The third-order valence-electron chi connectivity index (χ3n) is 7.05. The molecule has 0 aliphatic heterocycles. The number of pyridine rings is 1. The van der Waals surface area contributed by atoms with Gasteiger partial charge in [0.1, 0.15) is 5.82 Å². The Labute approximate surface area is 215 Å².